The molecule has 2 rings (SSSR count). The number of anilines is 1. The molecule has 1 aromatic rings. The number of nitriles is 1. The molecule has 1 aliphatic heterocycles. The Hall–Kier alpha value is -2.46. The molecule has 7 nitrogen and oxygen atoms in total. The molecule has 0 aromatic heterocycles. The number of amides is 1. The predicted molar refractivity (Wildman–Crippen MR) is 65.4 cm³/mol. The number of nitrogens with zero attached hydrogens (tertiary/aromatic N) is 3. The Morgan fingerprint density at radius 1 is 1.58 bits per heavy atom. The molecule has 0 saturated carbocycles. The summed E-state index contributed by atoms with van der Waals surface area (Å²) in [5.41, 5.74) is 0.0664. The fourth-order valence-electron chi connectivity index (χ4n) is 2.10. The van der Waals surface area contributed by atoms with Gasteiger partial charge >= 0.3 is 0 Å². The summed E-state index contributed by atoms with van der Waals surface area (Å²) in [6.45, 7) is 0.119. The van der Waals surface area contributed by atoms with E-state index in [1.165, 1.54) is 17.0 Å². The zero-order chi connectivity index (χ0) is 14.0. The number of hydrogen-bond acceptors (Lipinski definition) is 5. The van der Waals surface area contributed by atoms with E-state index in [-0.39, 0.29) is 48.3 Å². The van der Waals surface area contributed by atoms with Gasteiger partial charge in [-0.25, -0.2) is 0 Å². The van der Waals surface area contributed by atoms with Gasteiger partial charge in [0.1, 0.15) is 5.69 Å². The highest BCUT2D eigenvalue weighted by Crippen LogP contribution is 2.33. The number of carbonyl (C=O) groups excluding carboxylic acids is 1. The van der Waals surface area contributed by atoms with E-state index in [0.717, 1.165) is 6.07 Å². The summed E-state index contributed by atoms with van der Waals surface area (Å²) < 4.78 is 0. The first-order valence-electron chi connectivity index (χ1n) is 5.66. The molecule has 1 aromatic carbocycles. The smallest absolute Gasteiger partial charge is 0.294 e. The van der Waals surface area contributed by atoms with Crippen molar-refractivity contribution >= 4 is 17.3 Å². The van der Waals surface area contributed by atoms with E-state index in [2.05, 4.69) is 0 Å². The number of nitro benzene ring substituents is 1. The fraction of sp³-hybridized carbons (Fsp3) is 0.333. The van der Waals surface area contributed by atoms with Crippen molar-refractivity contribution < 1.29 is 14.8 Å². The SMILES string of the molecule is N#Cc1ccc(N2CC(CO)CC2=O)c([N+](=O)[O-])c1. The summed E-state index contributed by atoms with van der Waals surface area (Å²) in [6, 6.07) is 5.80. The Morgan fingerprint density at radius 3 is 2.84 bits per heavy atom. The molecule has 1 amide bonds. The maximum absolute atomic E-state index is 11.8. The highest BCUT2D eigenvalue weighted by molar-refractivity contribution is 5.98. The van der Waals surface area contributed by atoms with Crippen LogP contribution in [0.1, 0.15) is 12.0 Å². The van der Waals surface area contributed by atoms with Crippen LogP contribution in [0.4, 0.5) is 11.4 Å². The maximum atomic E-state index is 11.8. The van der Waals surface area contributed by atoms with E-state index >= 15 is 0 Å². The summed E-state index contributed by atoms with van der Waals surface area (Å²) in [7, 11) is 0. The van der Waals surface area contributed by atoms with Crippen LogP contribution in [0.2, 0.25) is 0 Å². The van der Waals surface area contributed by atoms with Gasteiger partial charge in [0.05, 0.1) is 16.6 Å². The first kappa shape index (κ1) is 13.0. The second kappa shape index (κ2) is 5.04. The number of rotatable bonds is 3. The highest BCUT2D eigenvalue weighted by atomic mass is 16.6. The van der Waals surface area contributed by atoms with Crippen LogP contribution in [0.15, 0.2) is 18.2 Å². The largest absolute Gasteiger partial charge is 0.396 e. The summed E-state index contributed by atoms with van der Waals surface area (Å²) in [5, 5.41) is 28.8. The molecule has 98 valence electrons. The van der Waals surface area contributed by atoms with Crippen molar-refractivity contribution in [2.45, 2.75) is 6.42 Å². The van der Waals surface area contributed by atoms with Crippen molar-refractivity contribution in [2.75, 3.05) is 18.1 Å². The van der Waals surface area contributed by atoms with Crippen LogP contribution in [0.5, 0.6) is 0 Å². The minimum Gasteiger partial charge on any atom is -0.396 e. The fourth-order valence-corrected chi connectivity index (χ4v) is 2.10. The minimum absolute atomic E-state index is 0.133. The normalized spacial score (nSPS) is 18.4. The minimum atomic E-state index is -0.615. The maximum Gasteiger partial charge on any atom is 0.294 e. The van der Waals surface area contributed by atoms with Gasteiger partial charge in [0.2, 0.25) is 5.91 Å². The third-order valence-corrected chi connectivity index (χ3v) is 3.06. The van der Waals surface area contributed by atoms with Crippen LogP contribution < -0.4 is 4.90 Å². The van der Waals surface area contributed by atoms with Gasteiger partial charge in [-0.05, 0) is 12.1 Å². The van der Waals surface area contributed by atoms with Gasteiger partial charge < -0.3 is 10.0 Å². The molecular formula is C12H11N3O4. The molecule has 1 N–H and O–H groups in total. The van der Waals surface area contributed by atoms with Crippen molar-refractivity contribution in [1.29, 1.82) is 5.26 Å². The summed E-state index contributed by atoms with van der Waals surface area (Å²) >= 11 is 0. The monoisotopic (exact) mass is 261 g/mol. The Bertz CT molecular complexity index is 579. The van der Waals surface area contributed by atoms with Gasteiger partial charge in [0.15, 0.2) is 0 Å². The molecule has 1 saturated heterocycles. The number of aliphatic hydroxyl groups is 1. The molecule has 1 heterocycles. The number of aliphatic hydroxyl groups excluding tert-OH is 1. The Morgan fingerprint density at radius 2 is 2.32 bits per heavy atom. The topological polar surface area (TPSA) is 107 Å². The van der Waals surface area contributed by atoms with Crippen LogP contribution in [0.25, 0.3) is 0 Å². The average molecular weight is 261 g/mol. The molecule has 0 aliphatic carbocycles. The van der Waals surface area contributed by atoms with E-state index in [1.807, 2.05) is 6.07 Å². The molecule has 1 fully saturated rings. The van der Waals surface area contributed by atoms with E-state index in [1.54, 1.807) is 0 Å². The number of benzene rings is 1. The second-order valence-corrected chi connectivity index (χ2v) is 4.33. The summed E-state index contributed by atoms with van der Waals surface area (Å²) in [6.07, 6.45) is 0.174. The van der Waals surface area contributed by atoms with Crippen molar-refractivity contribution in [1.82, 2.24) is 0 Å². The molecule has 1 atom stereocenters. The molecule has 7 heteroatoms. The molecule has 1 unspecified atom stereocenters. The molecule has 1 aliphatic rings. The molecule has 0 radical (unpaired) electrons. The standard InChI is InChI=1S/C12H11N3O4/c13-5-8-1-2-10(11(3-8)15(18)19)14-6-9(7-16)4-12(14)17/h1-3,9,16H,4,6-7H2. The number of nitro groups is 1. The molecule has 0 bridgehead atoms. The van der Waals surface area contributed by atoms with Crippen LogP contribution in [-0.4, -0.2) is 29.1 Å². The van der Waals surface area contributed by atoms with Gasteiger partial charge in [-0.3, -0.25) is 14.9 Å². The predicted octanol–water partition coefficient (Wildman–Crippen LogP) is 0.812. The van der Waals surface area contributed by atoms with Crippen LogP contribution in [0.3, 0.4) is 0 Å². The highest BCUT2D eigenvalue weighted by Gasteiger charge is 2.33. The molecule has 19 heavy (non-hydrogen) atoms. The van der Waals surface area contributed by atoms with Crippen molar-refractivity contribution in [3.8, 4) is 6.07 Å². The quantitative estimate of drug-likeness (QED) is 0.640. The Balaban J connectivity index is 2.43. The van der Waals surface area contributed by atoms with Gasteiger partial charge in [0, 0.05) is 31.6 Å². The third kappa shape index (κ3) is 2.39. The van der Waals surface area contributed by atoms with E-state index < -0.39 is 4.92 Å². The second-order valence-electron chi connectivity index (χ2n) is 4.33. The lowest BCUT2D eigenvalue weighted by Crippen LogP contribution is -2.25. The zero-order valence-corrected chi connectivity index (χ0v) is 9.94. The zero-order valence-electron chi connectivity index (χ0n) is 9.94. The third-order valence-electron chi connectivity index (χ3n) is 3.06. The Labute approximate surface area is 108 Å². The first-order chi connectivity index (χ1) is 9.06. The van der Waals surface area contributed by atoms with Crippen molar-refractivity contribution in [3.63, 3.8) is 0 Å². The van der Waals surface area contributed by atoms with E-state index in [9.17, 15) is 14.9 Å². The molecular weight excluding hydrogens is 250 g/mol. The average Bonchev–Trinajstić information content (AvgIpc) is 2.79. The van der Waals surface area contributed by atoms with Gasteiger partial charge in [-0.1, -0.05) is 0 Å². The summed E-state index contributed by atoms with van der Waals surface area (Å²) in [4.78, 5) is 23.5. The lowest BCUT2D eigenvalue weighted by atomic mass is 10.1. The number of hydrogen-bond donors (Lipinski definition) is 1. The van der Waals surface area contributed by atoms with Crippen molar-refractivity contribution in [3.05, 3.63) is 33.9 Å². The van der Waals surface area contributed by atoms with Gasteiger partial charge in [-0.15, -0.1) is 0 Å². The van der Waals surface area contributed by atoms with E-state index in [4.69, 9.17) is 10.4 Å². The Kier molecular flexibility index (Phi) is 3.44. The van der Waals surface area contributed by atoms with Crippen LogP contribution >= 0.6 is 0 Å². The lowest BCUT2D eigenvalue weighted by molar-refractivity contribution is -0.384. The van der Waals surface area contributed by atoms with E-state index in [0.29, 0.717) is 0 Å². The van der Waals surface area contributed by atoms with Crippen LogP contribution in [-0.2, 0) is 4.79 Å². The lowest BCUT2D eigenvalue weighted by Gasteiger charge is -2.16. The van der Waals surface area contributed by atoms with Crippen LogP contribution in [0, 0.1) is 27.4 Å². The number of carbonyl (C=O) groups is 1. The van der Waals surface area contributed by atoms with Gasteiger partial charge in [0.25, 0.3) is 5.69 Å². The van der Waals surface area contributed by atoms with Gasteiger partial charge in [-0.2, -0.15) is 5.26 Å². The molecule has 0 spiro atoms. The first-order valence-corrected chi connectivity index (χ1v) is 5.66. The summed E-state index contributed by atoms with van der Waals surface area (Å²) in [5.74, 6) is -0.463. The van der Waals surface area contributed by atoms with Crippen molar-refractivity contribution in [2.24, 2.45) is 5.92 Å².